The molecule has 0 aliphatic carbocycles. The zero-order chi connectivity index (χ0) is 17.8. The molecule has 0 aromatic heterocycles. The molecule has 3 fully saturated rings. The predicted octanol–water partition coefficient (Wildman–Crippen LogP) is 1.33. The van der Waals surface area contributed by atoms with E-state index in [0.717, 1.165) is 0 Å². The molecule has 2 bridgehead atoms. The Balaban J connectivity index is 2.15. The van der Waals surface area contributed by atoms with Crippen LogP contribution in [-0.4, -0.2) is 76.8 Å². The van der Waals surface area contributed by atoms with Crippen molar-refractivity contribution in [3.63, 3.8) is 0 Å². The molecule has 5 atom stereocenters. The van der Waals surface area contributed by atoms with E-state index in [9.17, 15) is 4.79 Å². The van der Waals surface area contributed by atoms with Gasteiger partial charge in [-0.1, -0.05) is 0 Å². The third-order valence-electron chi connectivity index (χ3n) is 5.25. The quantitative estimate of drug-likeness (QED) is 0.667. The van der Waals surface area contributed by atoms with Crippen LogP contribution < -0.4 is 0 Å². The summed E-state index contributed by atoms with van der Waals surface area (Å²) in [5.41, 5.74) is -1.73. The minimum atomic E-state index is -1.98. The first-order valence-electron chi connectivity index (χ1n) is 8.49. The average Bonchev–Trinajstić information content (AvgIpc) is 2.91. The molecule has 0 N–H and O–H groups in total. The van der Waals surface area contributed by atoms with E-state index in [1.54, 1.807) is 21.3 Å². The normalized spacial score (nSPS) is 41.8. The molecule has 3 rings (SSSR count). The number of hydrogen-bond acceptors (Lipinski definition) is 6. The van der Waals surface area contributed by atoms with Crippen LogP contribution in [0, 0.1) is 0 Å². The predicted molar refractivity (Wildman–Crippen MR) is 88.9 cm³/mol. The third-order valence-corrected chi connectivity index (χ3v) is 6.20. The molecule has 138 valence electrons. The van der Waals surface area contributed by atoms with Crippen LogP contribution in [0.1, 0.15) is 19.3 Å². The summed E-state index contributed by atoms with van der Waals surface area (Å²) >= 11 is 0. The standard InChI is InChI=1S/C16H29NO6Si/c1-19-10-15-14(21-3)11(20-2)9-13(22-15)17-12(18)7-8-16(15,17)23-24(4,5)6/h11,13-14H,7-10H2,1-6H3/t11-,13+,14+,15-,16+/m1/s1. The van der Waals surface area contributed by atoms with E-state index >= 15 is 0 Å². The minimum Gasteiger partial charge on any atom is -0.393 e. The molecule has 3 aliphatic rings. The maximum absolute atomic E-state index is 12.7. The Bertz CT molecular complexity index is 511. The third kappa shape index (κ3) is 2.39. The van der Waals surface area contributed by atoms with Crippen LogP contribution in [0.2, 0.25) is 19.6 Å². The van der Waals surface area contributed by atoms with E-state index in [1.165, 1.54) is 0 Å². The van der Waals surface area contributed by atoms with Crippen molar-refractivity contribution in [1.29, 1.82) is 0 Å². The zero-order valence-electron chi connectivity index (χ0n) is 15.5. The molecule has 0 radical (unpaired) electrons. The number of carbonyl (C=O) groups excluding carboxylic acids is 1. The highest BCUT2D eigenvalue weighted by Gasteiger charge is 2.76. The van der Waals surface area contributed by atoms with Gasteiger partial charge in [0.05, 0.1) is 12.7 Å². The Morgan fingerprint density at radius 3 is 2.50 bits per heavy atom. The van der Waals surface area contributed by atoms with Crippen molar-refractivity contribution in [3.8, 4) is 0 Å². The smallest absolute Gasteiger partial charge is 0.227 e. The maximum Gasteiger partial charge on any atom is 0.227 e. The molecule has 0 unspecified atom stereocenters. The van der Waals surface area contributed by atoms with Crippen LogP contribution in [0.3, 0.4) is 0 Å². The van der Waals surface area contributed by atoms with Gasteiger partial charge in [-0.2, -0.15) is 0 Å². The molecular weight excluding hydrogens is 330 g/mol. The first-order chi connectivity index (χ1) is 11.2. The van der Waals surface area contributed by atoms with Crippen molar-refractivity contribution in [2.75, 3.05) is 27.9 Å². The average molecular weight is 359 g/mol. The molecule has 1 amide bonds. The van der Waals surface area contributed by atoms with Crippen molar-refractivity contribution < 1.29 is 28.2 Å². The second-order valence-electron chi connectivity index (χ2n) is 7.82. The summed E-state index contributed by atoms with van der Waals surface area (Å²) in [4.78, 5) is 14.5. The second-order valence-corrected chi connectivity index (χ2v) is 12.3. The summed E-state index contributed by atoms with van der Waals surface area (Å²) in [6.45, 7) is 6.67. The van der Waals surface area contributed by atoms with Gasteiger partial charge in [0.2, 0.25) is 5.91 Å². The molecule has 0 aromatic rings. The number of hydrogen-bond donors (Lipinski definition) is 0. The highest BCUT2D eigenvalue weighted by Crippen LogP contribution is 2.57. The van der Waals surface area contributed by atoms with Gasteiger partial charge in [-0.25, -0.2) is 0 Å². The number of ether oxygens (including phenoxy) is 4. The lowest BCUT2D eigenvalue weighted by atomic mass is 9.81. The van der Waals surface area contributed by atoms with E-state index in [2.05, 4.69) is 19.6 Å². The Labute approximate surface area is 144 Å². The zero-order valence-corrected chi connectivity index (χ0v) is 16.5. The van der Waals surface area contributed by atoms with Gasteiger partial charge >= 0.3 is 0 Å². The van der Waals surface area contributed by atoms with E-state index in [-0.39, 0.29) is 30.9 Å². The van der Waals surface area contributed by atoms with E-state index in [0.29, 0.717) is 19.3 Å². The topological polar surface area (TPSA) is 66.5 Å². The molecule has 3 saturated heterocycles. The van der Waals surface area contributed by atoms with Crippen LogP contribution in [-0.2, 0) is 28.2 Å². The van der Waals surface area contributed by atoms with Crippen molar-refractivity contribution >= 4 is 14.2 Å². The first-order valence-corrected chi connectivity index (χ1v) is 11.9. The lowest BCUT2D eigenvalue weighted by Crippen LogP contribution is -2.70. The number of fused-ring (bicyclic) bond motifs is 5. The summed E-state index contributed by atoms with van der Waals surface area (Å²) in [6, 6.07) is 0. The second kappa shape index (κ2) is 6.03. The lowest BCUT2D eigenvalue weighted by molar-refractivity contribution is -0.262. The van der Waals surface area contributed by atoms with Crippen LogP contribution in [0.15, 0.2) is 0 Å². The van der Waals surface area contributed by atoms with E-state index in [1.807, 2.05) is 4.90 Å². The van der Waals surface area contributed by atoms with Gasteiger partial charge in [-0.15, -0.1) is 0 Å². The molecule has 3 aliphatic heterocycles. The Kier molecular flexibility index (Phi) is 4.60. The maximum atomic E-state index is 12.7. The fourth-order valence-electron chi connectivity index (χ4n) is 4.68. The van der Waals surface area contributed by atoms with Crippen molar-refractivity contribution in [1.82, 2.24) is 4.90 Å². The summed E-state index contributed by atoms with van der Waals surface area (Å²) in [5.74, 6) is 0.0721. The molecule has 8 heteroatoms. The summed E-state index contributed by atoms with van der Waals surface area (Å²) in [6.07, 6.45) is 0.720. The van der Waals surface area contributed by atoms with Crippen LogP contribution in [0.4, 0.5) is 0 Å². The number of rotatable bonds is 6. The van der Waals surface area contributed by atoms with Gasteiger partial charge in [0.25, 0.3) is 0 Å². The number of methoxy groups -OCH3 is 3. The minimum absolute atomic E-state index is 0.0721. The van der Waals surface area contributed by atoms with Crippen LogP contribution in [0.25, 0.3) is 0 Å². The fourth-order valence-corrected chi connectivity index (χ4v) is 6.07. The van der Waals surface area contributed by atoms with E-state index < -0.39 is 19.6 Å². The van der Waals surface area contributed by atoms with Crippen molar-refractivity contribution in [2.24, 2.45) is 0 Å². The Morgan fingerprint density at radius 1 is 1.25 bits per heavy atom. The van der Waals surface area contributed by atoms with Crippen molar-refractivity contribution in [2.45, 2.75) is 68.7 Å². The molecule has 0 aromatic carbocycles. The van der Waals surface area contributed by atoms with Gasteiger partial charge in [-0.05, 0) is 19.6 Å². The van der Waals surface area contributed by atoms with E-state index in [4.69, 9.17) is 23.4 Å². The fraction of sp³-hybridized carbons (Fsp3) is 0.938. The monoisotopic (exact) mass is 359 g/mol. The molecule has 3 heterocycles. The Morgan fingerprint density at radius 2 is 1.96 bits per heavy atom. The Hall–Kier alpha value is -0.513. The number of amides is 1. The molecule has 0 saturated carbocycles. The molecule has 24 heavy (non-hydrogen) atoms. The highest BCUT2D eigenvalue weighted by molar-refractivity contribution is 6.69. The largest absolute Gasteiger partial charge is 0.393 e. The van der Waals surface area contributed by atoms with Gasteiger partial charge in [0.1, 0.15) is 12.3 Å². The molecular formula is C16H29NO6Si. The van der Waals surface area contributed by atoms with Gasteiger partial charge in [0, 0.05) is 40.6 Å². The van der Waals surface area contributed by atoms with Crippen LogP contribution >= 0.6 is 0 Å². The molecule has 7 nitrogen and oxygen atoms in total. The summed E-state index contributed by atoms with van der Waals surface area (Å²) < 4.78 is 30.2. The van der Waals surface area contributed by atoms with Crippen molar-refractivity contribution in [3.05, 3.63) is 0 Å². The van der Waals surface area contributed by atoms with Crippen LogP contribution in [0.5, 0.6) is 0 Å². The van der Waals surface area contributed by atoms with Gasteiger partial charge in [0.15, 0.2) is 19.6 Å². The molecule has 0 spiro atoms. The van der Waals surface area contributed by atoms with Gasteiger partial charge < -0.3 is 23.4 Å². The lowest BCUT2D eigenvalue weighted by Gasteiger charge is -2.50. The first kappa shape index (κ1) is 18.3. The SMILES string of the molecule is COC[C@@]12O[C@@H](C[C@@H](OC)[C@@H]1OC)N1C(=O)CC[C@@]12O[Si](C)(C)C. The van der Waals surface area contributed by atoms with Gasteiger partial charge in [-0.3, -0.25) is 9.69 Å². The number of carbonyl (C=O) groups is 1. The number of nitrogens with zero attached hydrogens (tertiary/aromatic N) is 1. The summed E-state index contributed by atoms with van der Waals surface area (Å²) in [7, 11) is 2.97. The summed E-state index contributed by atoms with van der Waals surface area (Å²) in [5, 5.41) is 0. The highest BCUT2D eigenvalue weighted by atomic mass is 28.4.